The number of fused-ring (bicyclic) bond motifs is 1. The lowest BCUT2D eigenvalue weighted by atomic mass is 9.75. The van der Waals surface area contributed by atoms with Crippen molar-refractivity contribution in [3.8, 4) is 0 Å². The lowest BCUT2D eigenvalue weighted by molar-refractivity contribution is -0.137. The van der Waals surface area contributed by atoms with Gasteiger partial charge in [0, 0.05) is 61.8 Å². The molecule has 1 saturated carbocycles. The Morgan fingerprint density at radius 1 is 1.15 bits per heavy atom. The minimum atomic E-state index is 0.256. The summed E-state index contributed by atoms with van der Waals surface area (Å²) in [5.74, 6) is 1.97. The van der Waals surface area contributed by atoms with Gasteiger partial charge in [-0.05, 0) is 42.8 Å². The van der Waals surface area contributed by atoms with Gasteiger partial charge in [-0.1, -0.05) is 32.2 Å². The van der Waals surface area contributed by atoms with Gasteiger partial charge in [0.05, 0.1) is 0 Å². The highest BCUT2D eigenvalue weighted by molar-refractivity contribution is 6.54. The maximum Gasteiger partial charge on any atom is 0.225 e. The number of hydrogen-bond donors (Lipinski definition) is 1. The molecule has 3 aromatic rings. The normalized spacial score (nSPS) is 17.9. The number of carbonyl (C=O) groups is 1. The van der Waals surface area contributed by atoms with Gasteiger partial charge in [0.25, 0.3) is 0 Å². The molecule has 33 heavy (non-hydrogen) atoms. The third kappa shape index (κ3) is 4.75. The van der Waals surface area contributed by atoms with Crippen LogP contribution in [0.15, 0.2) is 36.8 Å². The van der Waals surface area contributed by atoms with Crippen LogP contribution in [-0.4, -0.2) is 50.8 Å². The first-order valence-corrected chi connectivity index (χ1v) is 12.5. The van der Waals surface area contributed by atoms with Gasteiger partial charge in [-0.3, -0.25) is 9.78 Å². The molecule has 1 saturated heterocycles. The Bertz CT molecular complexity index is 1090. The zero-order chi connectivity index (χ0) is 22.6. The van der Waals surface area contributed by atoms with Gasteiger partial charge in [0.2, 0.25) is 5.91 Å². The van der Waals surface area contributed by atoms with Crippen LogP contribution < -0.4 is 10.8 Å². The van der Waals surface area contributed by atoms with E-state index in [1.165, 1.54) is 19.3 Å². The third-order valence-corrected chi connectivity index (χ3v) is 7.32. The highest BCUT2D eigenvalue weighted by Crippen LogP contribution is 2.31. The first kappa shape index (κ1) is 21.9. The summed E-state index contributed by atoms with van der Waals surface area (Å²) in [5, 5.41) is 8.14. The monoisotopic (exact) mass is 444 g/mol. The molecule has 0 bridgehead atoms. The van der Waals surface area contributed by atoms with E-state index < -0.39 is 0 Å². The molecule has 1 aliphatic carbocycles. The molecule has 0 atom stereocenters. The van der Waals surface area contributed by atoms with Gasteiger partial charge in [0.15, 0.2) is 12.9 Å². The van der Waals surface area contributed by atoms with Crippen LogP contribution in [0.25, 0.3) is 5.65 Å². The number of hydrogen-bond acceptors (Lipinski definition) is 5. The standard InChI is InChI=1S/C25H33BN6O/c1-26-21-17-29-32-23(28-16-18-6-5-11-27-15-18)14-22(30-24(21)32)19-9-12-31(13-10-19)25(33)20-7-3-2-4-8-20/h5-6,11,14-15,17,19-20,26,28H,2-4,7-10,12-13,16H2,1H3. The minimum absolute atomic E-state index is 0.256. The fraction of sp³-hybridized carbons (Fsp3) is 0.520. The van der Waals surface area contributed by atoms with Crippen molar-refractivity contribution < 1.29 is 4.79 Å². The summed E-state index contributed by atoms with van der Waals surface area (Å²) in [4.78, 5) is 24.4. The Morgan fingerprint density at radius 3 is 2.70 bits per heavy atom. The largest absolute Gasteiger partial charge is 0.366 e. The van der Waals surface area contributed by atoms with E-state index in [1.807, 2.05) is 23.0 Å². The Balaban J connectivity index is 1.33. The average Bonchev–Trinajstić information content (AvgIpc) is 3.31. The Labute approximate surface area is 196 Å². The Morgan fingerprint density at radius 2 is 1.97 bits per heavy atom. The van der Waals surface area contributed by atoms with Gasteiger partial charge in [-0.25, -0.2) is 4.98 Å². The van der Waals surface area contributed by atoms with Crippen LogP contribution in [0, 0.1) is 5.92 Å². The van der Waals surface area contributed by atoms with Crippen molar-refractivity contribution in [3.63, 3.8) is 0 Å². The lowest BCUT2D eigenvalue weighted by Gasteiger charge is -2.35. The molecule has 0 radical (unpaired) electrons. The Kier molecular flexibility index (Phi) is 6.60. The molecule has 4 heterocycles. The third-order valence-electron chi connectivity index (χ3n) is 7.32. The number of anilines is 1. The van der Waals surface area contributed by atoms with Gasteiger partial charge in [-0.2, -0.15) is 9.61 Å². The molecule has 1 amide bonds. The molecule has 5 rings (SSSR count). The van der Waals surface area contributed by atoms with E-state index in [0.29, 0.717) is 18.4 Å². The topological polar surface area (TPSA) is 75.4 Å². The van der Waals surface area contributed by atoms with Crippen molar-refractivity contribution in [2.75, 3.05) is 18.4 Å². The highest BCUT2D eigenvalue weighted by Gasteiger charge is 2.30. The number of pyridine rings is 1. The Hall–Kier alpha value is -2.90. The molecule has 2 aliphatic rings. The van der Waals surface area contributed by atoms with Crippen molar-refractivity contribution in [3.05, 3.63) is 48.0 Å². The molecule has 7 nitrogen and oxygen atoms in total. The molecule has 172 valence electrons. The second-order valence-corrected chi connectivity index (χ2v) is 9.47. The number of rotatable bonds is 6. The van der Waals surface area contributed by atoms with Gasteiger partial charge < -0.3 is 10.2 Å². The van der Waals surface area contributed by atoms with Gasteiger partial charge >= 0.3 is 0 Å². The van der Waals surface area contributed by atoms with Crippen molar-refractivity contribution in [2.24, 2.45) is 5.92 Å². The number of carbonyl (C=O) groups excluding carboxylic acids is 1. The number of nitrogens with one attached hydrogen (secondary N) is 1. The summed E-state index contributed by atoms with van der Waals surface area (Å²) in [6, 6.07) is 6.17. The molecule has 2 fully saturated rings. The summed E-state index contributed by atoms with van der Waals surface area (Å²) in [7, 11) is 0.899. The second kappa shape index (κ2) is 9.93. The number of aromatic nitrogens is 4. The maximum absolute atomic E-state index is 13.0. The summed E-state index contributed by atoms with van der Waals surface area (Å²) in [6.45, 7) is 4.50. The summed E-state index contributed by atoms with van der Waals surface area (Å²) in [5.41, 5.74) is 4.33. The van der Waals surface area contributed by atoms with Crippen molar-refractivity contribution in [1.82, 2.24) is 24.5 Å². The number of amides is 1. The summed E-state index contributed by atoms with van der Waals surface area (Å²) < 4.78 is 1.92. The predicted octanol–water partition coefficient (Wildman–Crippen LogP) is 3.13. The highest BCUT2D eigenvalue weighted by atomic mass is 16.2. The molecule has 1 aliphatic heterocycles. The number of piperidine rings is 1. The fourth-order valence-electron chi connectivity index (χ4n) is 5.31. The van der Waals surface area contributed by atoms with Crippen LogP contribution >= 0.6 is 0 Å². The van der Waals surface area contributed by atoms with Crippen molar-refractivity contribution in [1.29, 1.82) is 0 Å². The maximum atomic E-state index is 13.0. The lowest BCUT2D eigenvalue weighted by Crippen LogP contribution is -2.42. The van der Waals surface area contributed by atoms with E-state index in [0.717, 1.165) is 74.2 Å². The van der Waals surface area contributed by atoms with Crippen LogP contribution in [0.3, 0.4) is 0 Å². The first-order chi connectivity index (χ1) is 16.2. The van der Waals surface area contributed by atoms with Crippen LogP contribution in [-0.2, 0) is 11.3 Å². The van der Waals surface area contributed by atoms with Gasteiger partial charge in [0.1, 0.15) is 5.82 Å². The second-order valence-electron chi connectivity index (χ2n) is 9.47. The van der Waals surface area contributed by atoms with Crippen molar-refractivity contribution >= 4 is 30.1 Å². The smallest absolute Gasteiger partial charge is 0.225 e. The van der Waals surface area contributed by atoms with E-state index in [9.17, 15) is 4.79 Å². The summed E-state index contributed by atoms with van der Waals surface area (Å²) in [6.07, 6.45) is 13.4. The van der Waals surface area contributed by atoms with E-state index in [-0.39, 0.29) is 5.92 Å². The van der Waals surface area contributed by atoms with E-state index in [4.69, 9.17) is 4.98 Å². The molecular formula is C25H33BN6O. The quantitative estimate of drug-likeness (QED) is 0.592. The van der Waals surface area contributed by atoms with Crippen molar-refractivity contribution in [2.45, 2.75) is 64.2 Å². The summed E-state index contributed by atoms with van der Waals surface area (Å²) >= 11 is 0. The fourth-order valence-corrected chi connectivity index (χ4v) is 5.31. The zero-order valence-electron chi connectivity index (χ0n) is 19.5. The molecule has 8 heteroatoms. The molecule has 0 aromatic carbocycles. The number of likely N-dealkylation sites (tertiary alicyclic amines) is 1. The van der Waals surface area contributed by atoms with Gasteiger partial charge in [-0.15, -0.1) is 0 Å². The van der Waals surface area contributed by atoms with E-state index in [2.05, 4.69) is 39.3 Å². The molecular weight excluding hydrogens is 411 g/mol. The SMILES string of the molecule is CBc1cnn2c(NCc3cccnc3)cc(C3CCN(C(=O)C4CCCCC4)CC3)nc12. The average molecular weight is 444 g/mol. The van der Waals surface area contributed by atoms with E-state index in [1.54, 1.807) is 6.20 Å². The van der Waals surface area contributed by atoms with E-state index >= 15 is 0 Å². The molecule has 3 aromatic heterocycles. The molecule has 0 spiro atoms. The first-order valence-electron chi connectivity index (χ1n) is 12.5. The minimum Gasteiger partial charge on any atom is -0.366 e. The zero-order valence-corrected chi connectivity index (χ0v) is 19.5. The number of nitrogens with zero attached hydrogens (tertiary/aromatic N) is 5. The van der Waals surface area contributed by atoms with Crippen LogP contribution in [0.4, 0.5) is 5.82 Å². The van der Waals surface area contributed by atoms with Crippen LogP contribution in [0.5, 0.6) is 0 Å². The predicted molar refractivity (Wildman–Crippen MR) is 132 cm³/mol. The van der Waals surface area contributed by atoms with Crippen LogP contribution in [0.2, 0.25) is 6.82 Å². The molecule has 0 unspecified atom stereocenters. The molecule has 1 N–H and O–H groups in total. The van der Waals surface area contributed by atoms with Crippen LogP contribution in [0.1, 0.15) is 62.1 Å².